The van der Waals surface area contributed by atoms with Crippen molar-refractivity contribution in [3.05, 3.63) is 90.5 Å². The van der Waals surface area contributed by atoms with Gasteiger partial charge in [-0.25, -0.2) is 0 Å². The summed E-state index contributed by atoms with van der Waals surface area (Å²) in [6.45, 7) is 4.15. The molecule has 0 unspecified atom stereocenters. The summed E-state index contributed by atoms with van der Waals surface area (Å²) in [7, 11) is 0. The van der Waals surface area contributed by atoms with Crippen molar-refractivity contribution in [2.75, 3.05) is 6.61 Å². The maximum Gasteiger partial charge on any atom is 0.135 e. The van der Waals surface area contributed by atoms with E-state index in [0.717, 1.165) is 16.9 Å². The van der Waals surface area contributed by atoms with E-state index in [1.165, 1.54) is 10.8 Å². The lowest BCUT2D eigenvalue weighted by Gasteiger charge is -2.04. The first-order chi connectivity index (χ1) is 10.9. The number of para-hydroxylation sites is 1. The van der Waals surface area contributed by atoms with Gasteiger partial charge in [-0.2, -0.15) is 0 Å². The second-order valence-corrected chi connectivity index (χ2v) is 4.91. The largest absolute Gasteiger partial charge is 0.488 e. The van der Waals surface area contributed by atoms with Crippen LogP contribution in [-0.4, -0.2) is 6.61 Å². The maximum absolute atomic E-state index is 5.62. The minimum Gasteiger partial charge on any atom is -0.488 e. The Morgan fingerprint density at radius 3 is 2.50 bits per heavy atom. The van der Waals surface area contributed by atoms with Crippen LogP contribution in [0.1, 0.15) is 11.1 Å². The number of hydrogen-bond acceptors (Lipinski definition) is 1. The molecule has 0 spiro atoms. The summed E-state index contributed by atoms with van der Waals surface area (Å²) in [5.41, 5.74) is 1.88. The summed E-state index contributed by atoms with van der Waals surface area (Å²) in [6, 6.07) is 22.3. The number of fused-ring (bicyclic) bond motifs is 1. The summed E-state index contributed by atoms with van der Waals surface area (Å²) in [5, 5.41) is 2.42. The molecule has 0 aromatic heterocycles. The highest BCUT2D eigenvalue weighted by Crippen LogP contribution is 2.18. The molecule has 1 heteroatoms. The van der Waals surface area contributed by atoms with Crippen LogP contribution in [0.5, 0.6) is 5.75 Å². The number of hydrogen-bond donors (Lipinski definition) is 0. The summed E-state index contributed by atoms with van der Waals surface area (Å²) in [5.74, 6) is 7.20. The van der Waals surface area contributed by atoms with Crippen molar-refractivity contribution in [2.45, 2.75) is 0 Å². The third-order valence-electron chi connectivity index (χ3n) is 3.33. The van der Waals surface area contributed by atoms with E-state index in [1.54, 1.807) is 6.08 Å². The zero-order chi connectivity index (χ0) is 15.2. The van der Waals surface area contributed by atoms with Gasteiger partial charge in [-0.3, -0.25) is 0 Å². The van der Waals surface area contributed by atoms with E-state index in [4.69, 9.17) is 4.74 Å². The summed E-state index contributed by atoms with van der Waals surface area (Å²) in [4.78, 5) is 0. The van der Waals surface area contributed by atoms with Crippen LogP contribution in [0.3, 0.4) is 0 Å². The van der Waals surface area contributed by atoms with Gasteiger partial charge in [0, 0.05) is 5.56 Å². The van der Waals surface area contributed by atoms with Gasteiger partial charge < -0.3 is 4.74 Å². The van der Waals surface area contributed by atoms with Crippen LogP contribution < -0.4 is 4.74 Å². The van der Waals surface area contributed by atoms with Crippen molar-refractivity contribution in [1.82, 2.24) is 0 Å². The Balaban J connectivity index is 1.92. The molecule has 0 atom stereocenters. The van der Waals surface area contributed by atoms with Crippen molar-refractivity contribution < 1.29 is 4.74 Å². The molecule has 3 rings (SSSR count). The van der Waals surface area contributed by atoms with Crippen molar-refractivity contribution >= 4 is 10.8 Å². The second-order valence-electron chi connectivity index (χ2n) is 4.91. The molecule has 0 heterocycles. The topological polar surface area (TPSA) is 9.23 Å². The molecule has 0 saturated carbocycles. The molecule has 0 bridgehead atoms. The van der Waals surface area contributed by atoms with Crippen LogP contribution >= 0.6 is 0 Å². The SMILES string of the molecule is C=CCOc1ccccc1C#Cc1ccc2ccccc2c1. The highest BCUT2D eigenvalue weighted by Gasteiger charge is 1.99. The Morgan fingerprint density at radius 1 is 0.864 bits per heavy atom. The Labute approximate surface area is 130 Å². The Hall–Kier alpha value is -2.98. The van der Waals surface area contributed by atoms with Crippen LogP contribution in [0.4, 0.5) is 0 Å². The van der Waals surface area contributed by atoms with Crippen LogP contribution in [-0.2, 0) is 0 Å². The molecular formula is C21H16O. The summed E-state index contributed by atoms with van der Waals surface area (Å²) < 4.78 is 5.62. The fourth-order valence-electron chi connectivity index (χ4n) is 2.25. The van der Waals surface area contributed by atoms with Crippen molar-refractivity contribution in [1.29, 1.82) is 0 Å². The van der Waals surface area contributed by atoms with E-state index >= 15 is 0 Å². The standard InChI is InChI=1S/C21H16O/c1-2-15-22-21-10-6-5-8-19(21)14-12-17-11-13-18-7-3-4-9-20(18)16-17/h2-11,13,16H,1,15H2. The average molecular weight is 284 g/mol. The quantitative estimate of drug-likeness (QED) is 0.495. The average Bonchev–Trinajstić information content (AvgIpc) is 2.58. The predicted molar refractivity (Wildman–Crippen MR) is 92.1 cm³/mol. The Morgan fingerprint density at radius 2 is 1.64 bits per heavy atom. The van der Waals surface area contributed by atoms with Crippen LogP contribution in [0, 0.1) is 11.8 Å². The molecule has 3 aromatic rings. The predicted octanol–water partition coefficient (Wildman–Crippen LogP) is 4.80. The van der Waals surface area contributed by atoms with Crippen molar-refractivity contribution in [2.24, 2.45) is 0 Å². The third-order valence-corrected chi connectivity index (χ3v) is 3.33. The van der Waals surface area contributed by atoms with Gasteiger partial charge in [0.1, 0.15) is 12.4 Å². The molecule has 0 amide bonds. The van der Waals surface area contributed by atoms with E-state index in [0.29, 0.717) is 6.61 Å². The van der Waals surface area contributed by atoms with E-state index in [9.17, 15) is 0 Å². The molecule has 0 aliphatic carbocycles. The summed E-state index contributed by atoms with van der Waals surface area (Å²) >= 11 is 0. The first-order valence-electron chi connectivity index (χ1n) is 7.20. The van der Waals surface area contributed by atoms with Gasteiger partial charge in [0.2, 0.25) is 0 Å². The van der Waals surface area contributed by atoms with Crippen LogP contribution in [0.25, 0.3) is 10.8 Å². The molecule has 0 N–H and O–H groups in total. The molecule has 3 aromatic carbocycles. The third kappa shape index (κ3) is 3.19. The maximum atomic E-state index is 5.62. The number of ether oxygens (including phenoxy) is 1. The minimum absolute atomic E-state index is 0.481. The number of benzene rings is 3. The number of rotatable bonds is 3. The molecule has 0 radical (unpaired) electrons. The van der Waals surface area contributed by atoms with E-state index in [2.05, 4.69) is 42.7 Å². The van der Waals surface area contributed by atoms with Crippen molar-refractivity contribution in [3.8, 4) is 17.6 Å². The van der Waals surface area contributed by atoms with Crippen LogP contribution in [0.2, 0.25) is 0 Å². The first-order valence-corrected chi connectivity index (χ1v) is 7.20. The van der Waals surface area contributed by atoms with E-state index in [1.807, 2.05) is 42.5 Å². The lowest BCUT2D eigenvalue weighted by atomic mass is 10.1. The van der Waals surface area contributed by atoms with Crippen LogP contribution in [0.15, 0.2) is 79.4 Å². The van der Waals surface area contributed by atoms with Gasteiger partial charge in [0.25, 0.3) is 0 Å². The highest BCUT2D eigenvalue weighted by molar-refractivity contribution is 5.83. The van der Waals surface area contributed by atoms with E-state index < -0.39 is 0 Å². The monoisotopic (exact) mass is 284 g/mol. The second kappa shape index (κ2) is 6.65. The van der Waals surface area contributed by atoms with Gasteiger partial charge in [-0.05, 0) is 35.0 Å². The van der Waals surface area contributed by atoms with Gasteiger partial charge in [0.15, 0.2) is 0 Å². The van der Waals surface area contributed by atoms with Crippen molar-refractivity contribution in [3.63, 3.8) is 0 Å². The van der Waals surface area contributed by atoms with Gasteiger partial charge in [-0.15, -0.1) is 0 Å². The molecule has 0 aliphatic rings. The van der Waals surface area contributed by atoms with Gasteiger partial charge in [0.05, 0.1) is 5.56 Å². The molecule has 0 fully saturated rings. The molecule has 22 heavy (non-hydrogen) atoms. The lowest BCUT2D eigenvalue weighted by molar-refractivity contribution is 0.362. The molecule has 0 saturated heterocycles. The zero-order valence-electron chi connectivity index (χ0n) is 12.3. The smallest absolute Gasteiger partial charge is 0.135 e. The van der Waals surface area contributed by atoms with E-state index in [-0.39, 0.29) is 0 Å². The fraction of sp³-hybridized carbons (Fsp3) is 0.0476. The molecule has 0 aliphatic heterocycles. The van der Waals surface area contributed by atoms with Gasteiger partial charge >= 0.3 is 0 Å². The first kappa shape index (κ1) is 14.0. The molecular weight excluding hydrogens is 268 g/mol. The zero-order valence-corrected chi connectivity index (χ0v) is 12.3. The molecule has 106 valence electrons. The lowest BCUT2D eigenvalue weighted by Crippen LogP contribution is -1.94. The minimum atomic E-state index is 0.481. The summed E-state index contributed by atoms with van der Waals surface area (Å²) in [6.07, 6.45) is 1.73. The van der Waals surface area contributed by atoms with Gasteiger partial charge in [-0.1, -0.05) is 67.0 Å². The highest BCUT2D eigenvalue weighted by atomic mass is 16.5. The Bertz CT molecular complexity index is 865. The fourth-order valence-corrected chi connectivity index (χ4v) is 2.25. The Kier molecular flexibility index (Phi) is 4.22. The normalized spacial score (nSPS) is 9.82. The molecule has 1 nitrogen and oxygen atoms in total.